The van der Waals surface area contributed by atoms with Crippen molar-refractivity contribution in [2.75, 3.05) is 5.32 Å². The molecule has 1 N–H and O–H groups in total. The molecule has 138 valence electrons. The molecule has 1 amide bonds. The van der Waals surface area contributed by atoms with Gasteiger partial charge in [0.05, 0.1) is 5.69 Å². The van der Waals surface area contributed by atoms with Crippen molar-refractivity contribution in [3.63, 3.8) is 0 Å². The van der Waals surface area contributed by atoms with Crippen LogP contribution < -0.4 is 10.9 Å². The number of fused-ring (bicyclic) bond motifs is 1. The van der Waals surface area contributed by atoms with Crippen LogP contribution in [0.15, 0.2) is 58.1 Å². The molecule has 2 aromatic carbocycles. The zero-order chi connectivity index (χ0) is 19.4. The van der Waals surface area contributed by atoms with Gasteiger partial charge in [0.1, 0.15) is 22.8 Å². The van der Waals surface area contributed by atoms with E-state index in [2.05, 4.69) is 10.5 Å². The smallest absolute Gasteiger partial charge is 0.334 e. The highest BCUT2D eigenvalue weighted by Crippen LogP contribution is 2.17. The van der Waals surface area contributed by atoms with Crippen LogP contribution in [0.4, 0.5) is 14.5 Å². The second-order valence-electron chi connectivity index (χ2n) is 5.49. The number of carbonyl (C=O) groups is 2. The standard InChI is InChI=1S/C19H14F2N2O4/c1-2-17(24)27-23-19-13(9-11-5-3-4-6-16(11)26-19)18(25)22-15-8-7-12(20)10-14(15)21/h3-10H,2H2,1H3,(H,22,25)/b23-19-. The minimum absolute atomic E-state index is 0.0821. The summed E-state index contributed by atoms with van der Waals surface area (Å²) in [6, 6.07) is 11.0. The Hall–Kier alpha value is -3.55. The lowest BCUT2D eigenvalue weighted by Crippen LogP contribution is -2.23. The van der Waals surface area contributed by atoms with Gasteiger partial charge in [-0.3, -0.25) is 4.79 Å². The largest absolute Gasteiger partial charge is 0.435 e. The van der Waals surface area contributed by atoms with E-state index in [-0.39, 0.29) is 23.2 Å². The highest BCUT2D eigenvalue weighted by atomic mass is 19.1. The van der Waals surface area contributed by atoms with E-state index in [0.29, 0.717) is 17.0 Å². The first-order valence-corrected chi connectivity index (χ1v) is 8.01. The molecule has 3 aromatic rings. The van der Waals surface area contributed by atoms with Gasteiger partial charge < -0.3 is 14.6 Å². The number of nitrogens with zero attached hydrogens (tertiary/aromatic N) is 1. The fraction of sp³-hybridized carbons (Fsp3) is 0.105. The van der Waals surface area contributed by atoms with Gasteiger partial charge >= 0.3 is 5.97 Å². The summed E-state index contributed by atoms with van der Waals surface area (Å²) < 4.78 is 32.4. The van der Waals surface area contributed by atoms with Crippen molar-refractivity contribution in [2.45, 2.75) is 13.3 Å². The lowest BCUT2D eigenvalue weighted by Gasteiger charge is -2.07. The Kier molecular flexibility index (Phi) is 5.25. The van der Waals surface area contributed by atoms with E-state index in [1.54, 1.807) is 31.2 Å². The summed E-state index contributed by atoms with van der Waals surface area (Å²) in [7, 11) is 0. The van der Waals surface area contributed by atoms with Crippen LogP contribution in [0.3, 0.4) is 0 Å². The summed E-state index contributed by atoms with van der Waals surface area (Å²) in [6.45, 7) is 1.58. The molecular weight excluding hydrogens is 358 g/mol. The molecule has 0 bridgehead atoms. The van der Waals surface area contributed by atoms with Crippen LogP contribution in [0.1, 0.15) is 23.7 Å². The van der Waals surface area contributed by atoms with Gasteiger partial charge in [-0.1, -0.05) is 25.1 Å². The average Bonchev–Trinajstić information content (AvgIpc) is 2.67. The van der Waals surface area contributed by atoms with Crippen LogP contribution in [0.2, 0.25) is 0 Å². The number of rotatable bonds is 4. The van der Waals surface area contributed by atoms with Crippen LogP contribution in [0, 0.1) is 11.6 Å². The quantitative estimate of drug-likeness (QED) is 0.559. The topological polar surface area (TPSA) is 80.9 Å². The number of nitrogens with one attached hydrogen (secondary N) is 1. The second kappa shape index (κ2) is 7.77. The molecule has 0 saturated carbocycles. The number of carbonyl (C=O) groups excluding carboxylic acids is 2. The fourth-order valence-corrected chi connectivity index (χ4v) is 2.24. The van der Waals surface area contributed by atoms with E-state index in [1.165, 1.54) is 6.07 Å². The molecular formula is C19H14F2N2O4. The fourth-order valence-electron chi connectivity index (χ4n) is 2.24. The van der Waals surface area contributed by atoms with Crippen molar-refractivity contribution in [3.05, 3.63) is 71.3 Å². The van der Waals surface area contributed by atoms with E-state index < -0.39 is 23.5 Å². The molecule has 6 nitrogen and oxygen atoms in total. The first-order valence-electron chi connectivity index (χ1n) is 8.01. The Labute approximate surface area is 152 Å². The van der Waals surface area contributed by atoms with Crippen LogP contribution in [-0.4, -0.2) is 11.9 Å². The molecule has 1 heterocycles. The SMILES string of the molecule is CCC(=O)O/N=c1\oc2ccccc2cc1C(=O)Nc1ccc(F)cc1F. The van der Waals surface area contributed by atoms with Gasteiger partial charge in [-0.2, -0.15) is 0 Å². The van der Waals surface area contributed by atoms with Gasteiger partial charge in [0.2, 0.25) is 0 Å². The molecule has 0 radical (unpaired) electrons. The van der Waals surface area contributed by atoms with Crippen molar-refractivity contribution < 1.29 is 27.6 Å². The van der Waals surface area contributed by atoms with E-state index in [1.807, 2.05) is 0 Å². The summed E-state index contributed by atoms with van der Waals surface area (Å²) in [5.41, 5.74) is -0.142. The number of amides is 1. The molecule has 0 saturated heterocycles. The van der Waals surface area contributed by atoms with Gasteiger partial charge in [-0.05, 0) is 29.4 Å². The number of hydrogen-bond acceptors (Lipinski definition) is 5. The number of anilines is 1. The van der Waals surface area contributed by atoms with Gasteiger partial charge in [0.15, 0.2) is 0 Å². The van der Waals surface area contributed by atoms with Gasteiger partial charge in [0.25, 0.3) is 11.5 Å². The Morgan fingerprint density at radius 2 is 1.93 bits per heavy atom. The second-order valence-corrected chi connectivity index (χ2v) is 5.49. The number of para-hydroxylation sites is 1. The van der Waals surface area contributed by atoms with Gasteiger partial charge in [-0.15, -0.1) is 0 Å². The van der Waals surface area contributed by atoms with Crippen LogP contribution in [0.25, 0.3) is 11.0 Å². The van der Waals surface area contributed by atoms with Crippen LogP contribution in [-0.2, 0) is 9.63 Å². The van der Waals surface area contributed by atoms with Crippen molar-refractivity contribution in [1.82, 2.24) is 0 Å². The highest BCUT2D eigenvalue weighted by Gasteiger charge is 2.16. The van der Waals surface area contributed by atoms with E-state index in [0.717, 1.165) is 12.1 Å². The zero-order valence-electron chi connectivity index (χ0n) is 14.2. The predicted molar refractivity (Wildman–Crippen MR) is 92.5 cm³/mol. The summed E-state index contributed by atoms with van der Waals surface area (Å²) >= 11 is 0. The van der Waals surface area contributed by atoms with Crippen molar-refractivity contribution in [3.8, 4) is 0 Å². The van der Waals surface area contributed by atoms with Crippen molar-refractivity contribution >= 4 is 28.5 Å². The van der Waals surface area contributed by atoms with E-state index in [9.17, 15) is 18.4 Å². The maximum atomic E-state index is 13.8. The minimum Gasteiger partial charge on any atom is -0.435 e. The Balaban J connectivity index is 2.04. The Morgan fingerprint density at radius 3 is 2.67 bits per heavy atom. The number of hydrogen-bond donors (Lipinski definition) is 1. The molecule has 0 unspecified atom stereocenters. The van der Waals surface area contributed by atoms with Crippen molar-refractivity contribution in [2.24, 2.45) is 5.16 Å². The summed E-state index contributed by atoms with van der Waals surface area (Å²) in [4.78, 5) is 28.6. The van der Waals surface area contributed by atoms with Gasteiger partial charge in [0, 0.05) is 17.9 Å². The molecule has 8 heteroatoms. The molecule has 0 aliphatic rings. The third-order valence-electron chi connectivity index (χ3n) is 3.60. The first kappa shape index (κ1) is 18.2. The lowest BCUT2D eigenvalue weighted by atomic mass is 10.1. The van der Waals surface area contributed by atoms with E-state index in [4.69, 9.17) is 9.25 Å². The van der Waals surface area contributed by atoms with Gasteiger partial charge in [-0.25, -0.2) is 13.6 Å². The molecule has 0 aliphatic carbocycles. The maximum absolute atomic E-state index is 13.8. The summed E-state index contributed by atoms with van der Waals surface area (Å²) in [5, 5.41) is 6.50. The third kappa shape index (κ3) is 4.17. The normalized spacial score (nSPS) is 11.4. The Morgan fingerprint density at radius 1 is 1.15 bits per heavy atom. The molecule has 0 fully saturated rings. The average molecular weight is 372 g/mol. The van der Waals surface area contributed by atoms with Crippen LogP contribution >= 0.6 is 0 Å². The molecule has 1 aromatic heterocycles. The first-order chi connectivity index (χ1) is 13.0. The third-order valence-corrected chi connectivity index (χ3v) is 3.60. The van der Waals surface area contributed by atoms with Crippen LogP contribution in [0.5, 0.6) is 0 Å². The minimum atomic E-state index is -0.933. The number of benzene rings is 2. The lowest BCUT2D eigenvalue weighted by molar-refractivity contribution is -0.144. The molecule has 3 rings (SSSR count). The molecule has 27 heavy (non-hydrogen) atoms. The zero-order valence-corrected chi connectivity index (χ0v) is 14.2. The molecule has 0 aliphatic heterocycles. The van der Waals surface area contributed by atoms with Crippen molar-refractivity contribution in [1.29, 1.82) is 0 Å². The van der Waals surface area contributed by atoms with E-state index >= 15 is 0 Å². The maximum Gasteiger partial charge on any atom is 0.334 e. The predicted octanol–water partition coefficient (Wildman–Crippen LogP) is 3.73. The number of halogens is 2. The molecule has 0 atom stereocenters. The summed E-state index contributed by atoms with van der Waals surface area (Å²) in [6.07, 6.45) is 0.0827. The highest BCUT2D eigenvalue weighted by molar-refractivity contribution is 6.05. The Bertz CT molecular complexity index is 1090. The summed E-state index contributed by atoms with van der Waals surface area (Å²) in [5.74, 6) is -3.08. The monoisotopic (exact) mass is 372 g/mol. The molecule has 0 spiro atoms.